The van der Waals surface area contributed by atoms with Crippen molar-refractivity contribution < 1.29 is 4.79 Å². The molecule has 0 saturated heterocycles. The Morgan fingerprint density at radius 1 is 1.22 bits per heavy atom. The van der Waals surface area contributed by atoms with Crippen molar-refractivity contribution in [3.63, 3.8) is 0 Å². The molecule has 1 aromatic carbocycles. The highest BCUT2D eigenvalue weighted by molar-refractivity contribution is 5.94. The molecule has 2 rings (SSSR count). The van der Waals surface area contributed by atoms with Gasteiger partial charge in [0.15, 0.2) is 0 Å². The van der Waals surface area contributed by atoms with Gasteiger partial charge in [0.25, 0.3) is 5.91 Å². The van der Waals surface area contributed by atoms with Crippen LogP contribution in [0.15, 0.2) is 42.6 Å². The largest absolute Gasteiger partial charge is 0.360 e. The second kappa shape index (κ2) is 8.32. The molecule has 0 fully saturated rings. The second-order valence-corrected chi connectivity index (χ2v) is 5.79. The number of benzene rings is 1. The van der Waals surface area contributed by atoms with Crippen LogP contribution in [0.5, 0.6) is 0 Å². The monoisotopic (exact) mass is 311 g/mol. The summed E-state index contributed by atoms with van der Waals surface area (Å²) in [7, 11) is 2.02. The van der Waals surface area contributed by atoms with E-state index in [1.165, 1.54) is 5.56 Å². The van der Waals surface area contributed by atoms with Crippen LogP contribution in [0.4, 0.5) is 5.82 Å². The summed E-state index contributed by atoms with van der Waals surface area (Å²) < 4.78 is 0. The van der Waals surface area contributed by atoms with Crippen LogP contribution >= 0.6 is 0 Å². The summed E-state index contributed by atoms with van der Waals surface area (Å²) >= 11 is 0. The van der Waals surface area contributed by atoms with Crippen LogP contribution in [-0.4, -0.2) is 24.5 Å². The van der Waals surface area contributed by atoms with Gasteiger partial charge in [-0.3, -0.25) is 4.79 Å². The van der Waals surface area contributed by atoms with Crippen molar-refractivity contribution in [3.05, 3.63) is 59.3 Å². The van der Waals surface area contributed by atoms with E-state index in [2.05, 4.69) is 22.1 Å². The number of unbranched alkanes of at least 4 members (excludes halogenated alkanes) is 1. The maximum atomic E-state index is 12.2. The first-order valence-electron chi connectivity index (χ1n) is 8.11. The van der Waals surface area contributed by atoms with E-state index in [1.54, 1.807) is 6.20 Å². The molecule has 0 aliphatic heterocycles. The van der Waals surface area contributed by atoms with E-state index in [1.807, 2.05) is 50.4 Å². The number of hydrogen-bond donors (Lipinski definition) is 1. The zero-order valence-corrected chi connectivity index (χ0v) is 14.2. The number of amides is 1. The Kier molecular flexibility index (Phi) is 6.15. The van der Waals surface area contributed by atoms with Gasteiger partial charge in [-0.05, 0) is 36.6 Å². The molecule has 0 atom stereocenters. The molecule has 0 radical (unpaired) electrons. The molecule has 122 valence electrons. The predicted molar refractivity (Wildman–Crippen MR) is 94.8 cm³/mol. The first kappa shape index (κ1) is 17.0. The van der Waals surface area contributed by atoms with Gasteiger partial charge in [-0.25, -0.2) is 4.98 Å². The van der Waals surface area contributed by atoms with Crippen molar-refractivity contribution >= 4 is 11.7 Å². The first-order chi connectivity index (χ1) is 11.1. The highest BCUT2D eigenvalue weighted by Crippen LogP contribution is 2.11. The van der Waals surface area contributed by atoms with E-state index in [4.69, 9.17) is 0 Å². The molecular formula is C19H25N3O. The number of pyridine rings is 1. The van der Waals surface area contributed by atoms with Crippen LogP contribution < -0.4 is 10.2 Å². The van der Waals surface area contributed by atoms with Crippen molar-refractivity contribution in [2.24, 2.45) is 0 Å². The number of nitrogens with one attached hydrogen (secondary N) is 1. The fourth-order valence-electron chi connectivity index (χ4n) is 2.34. The lowest BCUT2D eigenvalue weighted by Gasteiger charge is -2.17. The summed E-state index contributed by atoms with van der Waals surface area (Å²) in [5.41, 5.74) is 2.90. The van der Waals surface area contributed by atoms with Gasteiger partial charge in [0.1, 0.15) is 5.82 Å². The molecule has 1 aromatic heterocycles. The number of nitrogens with zero attached hydrogens (tertiary/aromatic N) is 2. The standard InChI is InChI=1S/C19H25N3O/c1-4-5-12-22(3)18-11-10-17(14-20-18)19(23)21-13-16-9-7-6-8-15(16)2/h6-11,14H,4-5,12-13H2,1-3H3,(H,21,23). The van der Waals surface area contributed by atoms with E-state index in [9.17, 15) is 4.79 Å². The molecule has 4 heteroatoms. The average Bonchev–Trinajstić information content (AvgIpc) is 2.59. The highest BCUT2D eigenvalue weighted by Gasteiger charge is 2.08. The number of aryl methyl sites for hydroxylation is 1. The summed E-state index contributed by atoms with van der Waals surface area (Å²) in [4.78, 5) is 18.7. The normalized spacial score (nSPS) is 10.4. The van der Waals surface area contributed by atoms with Gasteiger partial charge >= 0.3 is 0 Å². The molecule has 0 unspecified atom stereocenters. The maximum Gasteiger partial charge on any atom is 0.253 e. The minimum Gasteiger partial charge on any atom is -0.360 e. The van der Waals surface area contributed by atoms with E-state index < -0.39 is 0 Å². The Hall–Kier alpha value is -2.36. The average molecular weight is 311 g/mol. The third-order valence-electron chi connectivity index (χ3n) is 3.95. The van der Waals surface area contributed by atoms with Crippen LogP contribution in [0.1, 0.15) is 41.3 Å². The lowest BCUT2D eigenvalue weighted by molar-refractivity contribution is 0.0950. The fraction of sp³-hybridized carbons (Fsp3) is 0.368. The molecule has 2 aromatic rings. The lowest BCUT2D eigenvalue weighted by Crippen LogP contribution is -2.24. The molecule has 0 aliphatic rings. The Morgan fingerprint density at radius 2 is 2.00 bits per heavy atom. The van der Waals surface area contributed by atoms with Crippen molar-refractivity contribution in [3.8, 4) is 0 Å². The number of carbonyl (C=O) groups excluding carboxylic acids is 1. The van der Waals surface area contributed by atoms with Crippen molar-refractivity contribution in [1.82, 2.24) is 10.3 Å². The van der Waals surface area contributed by atoms with Crippen LogP contribution in [0, 0.1) is 6.92 Å². The number of carbonyl (C=O) groups is 1. The van der Waals surface area contributed by atoms with E-state index in [-0.39, 0.29) is 5.91 Å². The van der Waals surface area contributed by atoms with Crippen LogP contribution in [-0.2, 0) is 6.54 Å². The van der Waals surface area contributed by atoms with Crippen LogP contribution in [0.2, 0.25) is 0 Å². The Bertz CT molecular complexity index is 637. The van der Waals surface area contributed by atoms with Crippen molar-refractivity contribution in [2.45, 2.75) is 33.2 Å². The van der Waals surface area contributed by atoms with E-state index in [0.717, 1.165) is 30.8 Å². The fourth-order valence-corrected chi connectivity index (χ4v) is 2.34. The Labute approximate surface area is 138 Å². The first-order valence-corrected chi connectivity index (χ1v) is 8.11. The zero-order valence-electron chi connectivity index (χ0n) is 14.2. The number of aromatic nitrogens is 1. The SMILES string of the molecule is CCCCN(C)c1ccc(C(=O)NCc2ccccc2C)cn1. The molecule has 0 bridgehead atoms. The molecule has 1 N–H and O–H groups in total. The maximum absolute atomic E-state index is 12.2. The predicted octanol–water partition coefficient (Wildman–Crippen LogP) is 3.56. The third kappa shape index (κ3) is 4.81. The van der Waals surface area contributed by atoms with Gasteiger partial charge in [0, 0.05) is 26.3 Å². The van der Waals surface area contributed by atoms with Crippen LogP contribution in [0.3, 0.4) is 0 Å². The minimum absolute atomic E-state index is 0.0940. The summed E-state index contributed by atoms with van der Waals surface area (Å²) in [5, 5.41) is 2.95. The number of hydrogen-bond acceptors (Lipinski definition) is 3. The zero-order chi connectivity index (χ0) is 16.7. The van der Waals surface area contributed by atoms with Crippen LogP contribution in [0.25, 0.3) is 0 Å². The topological polar surface area (TPSA) is 45.2 Å². The van der Waals surface area contributed by atoms with Gasteiger partial charge in [-0.1, -0.05) is 37.6 Å². The van der Waals surface area contributed by atoms with Gasteiger partial charge < -0.3 is 10.2 Å². The van der Waals surface area contributed by atoms with E-state index in [0.29, 0.717) is 12.1 Å². The van der Waals surface area contributed by atoms with Gasteiger partial charge in [-0.2, -0.15) is 0 Å². The molecule has 0 saturated carbocycles. The molecule has 23 heavy (non-hydrogen) atoms. The van der Waals surface area contributed by atoms with Gasteiger partial charge in [0.05, 0.1) is 5.56 Å². The van der Waals surface area contributed by atoms with Crippen molar-refractivity contribution in [2.75, 3.05) is 18.5 Å². The minimum atomic E-state index is -0.0940. The third-order valence-corrected chi connectivity index (χ3v) is 3.95. The number of anilines is 1. The number of rotatable bonds is 7. The molecule has 0 spiro atoms. The summed E-state index contributed by atoms with van der Waals surface area (Å²) in [6.07, 6.45) is 3.94. The van der Waals surface area contributed by atoms with Gasteiger partial charge in [0.2, 0.25) is 0 Å². The molecular weight excluding hydrogens is 286 g/mol. The molecule has 1 amide bonds. The molecule has 1 heterocycles. The molecule has 0 aliphatic carbocycles. The van der Waals surface area contributed by atoms with Gasteiger partial charge in [-0.15, -0.1) is 0 Å². The quantitative estimate of drug-likeness (QED) is 0.850. The summed E-state index contributed by atoms with van der Waals surface area (Å²) in [6, 6.07) is 11.8. The lowest BCUT2D eigenvalue weighted by atomic mass is 10.1. The summed E-state index contributed by atoms with van der Waals surface area (Å²) in [6.45, 7) is 5.72. The van der Waals surface area contributed by atoms with Crippen molar-refractivity contribution in [1.29, 1.82) is 0 Å². The smallest absolute Gasteiger partial charge is 0.253 e. The molecule has 4 nitrogen and oxygen atoms in total. The second-order valence-electron chi connectivity index (χ2n) is 5.79. The van der Waals surface area contributed by atoms with E-state index >= 15 is 0 Å². The summed E-state index contributed by atoms with van der Waals surface area (Å²) in [5.74, 6) is 0.803. The highest BCUT2D eigenvalue weighted by atomic mass is 16.1. The Morgan fingerprint density at radius 3 is 2.65 bits per heavy atom. The Balaban J connectivity index is 1.94.